The van der Waals surface area contributed by atoms with Crippen LogP contribution in [-0.4, -0.2) is 61.0 Å². The Labute approximate surface area is 186 Å². The van der Waals surface area contributed by atoms with E-state index in [1.165, 1.54) is 22.6 Å². The van der Waals surface area contributed by atoms with Gasteiger partial charge in [0.2, 0.25) is 5.91 Å². The molecule has 0 spiro atoms. The van der Waals surface area contributed by atoms with Crippen LogP contribution in [0.5, 0.6) is 0 Å². The lowest BCUT2D eigenvalue weighted by atomic mass is 10.1. The van der Waals surface area contributed by atoms with Crippen LogP contribution >= 0.6 is 11.3 Å². The molecule has 2 aromatic rings. The highest BCUT2D eigenvalue weighted by atomic mass is 32.1. The summed E-state index contributed by atoms with van der Waals surface area (Å²) in [6.07, 6.45) is 1.24. The van der Waals surface area contributed by atoms with Crippen molar-refractivity contribution in [2.75, 3.05) is 33.2 Å². The predicted molar refractivity (Wildman–Crippen MR) is 121 cm³/mol. The third kappa shape index (κ3) is 5.25. The van der Waals surface area contributed by atoms with E-state index in [2.05, 4.69) is 26.7 Å². The zero-order chi connectivity index (χ0) is 21.8. The molecule has 6 nitrogen and oxygen atoms in total. The van der Waals surface area contributed by atoms with Crippen LogP contribution in [0.25, 0.3) is 0 Å². The minimum Gasteiger partial charge on any atom is -0.367 e. The van der Waals surface area contributed by atoms with Crippen molar-refractivity contribution in [1.82, 2.24) is 15.1 Å². The van der Waals surface area contributed by atoms with Crippen molar-refractivity contribution in [2.45, 2.75) is 38.5 Å². The molecule has 1 amide bonds. The molecule has 2 unspecified atom stereocenters. The second-order valence-corrected chi connectivity index (χ2v) is 9.05. The van der Waals surface area contributed by atoms with Gasteiger partial charge in [-0.2, -0.15) is 0 Å². The number of aliphatic imine (C=N–C) groups is 1. The molecule has 2 atom stereocenters. The molecule has 0 saturated carbocycles. The van der Waals surface area contributed by atoms with Crippen LogP contribution in [0, 0.1) is 5.82 Å². The Hall–Kier alpha value is -2.45. The molecule has 8 heteroatoms. The molecular weight excluding hydrogens is 415 g/mol. The van der Waals surface area contributed by atoms with Gasteiger partial charge in [-0.15, -0.1) is 11.3 Å². The summed E-state index contributed by atoms with van der Waals surface area (Å²) >= 11 is 1.78. The number of rotatable bonds is 4. The Balaban J connectivity index is 1.30. The maximum atomic E-state index is 13.3. The highest BCUT2D eigenvalue weighted by Gasteiger charge is 2.28. The summed E-state index contributed by atoms with van der Waals surface area (Å²) in [7, 11) is 1.75. The lowest BCUT2D eigenvalue weighted by Gasteiger charge is -2.38. The molecule has 0 aliphatic carbocycles. The summed E-state index contributed by atoms with van der Waals surface area (Å²) in [6.45, 7) is 5.39. The molecular formula is C23H29FN4O2S. The van der Waals surface area contributed by atoms with Crippen LogP contribution in [-0.2, 0) is 22.5 Å². The van der Waals surface area contributed by atoms with Gasteiger partial charge in [-0.05, 0) is 48.1 Å². The Kier molecular flexibility index (Phi) is 6.87. The monoisotopic (exact) mass is 444 g/mol. The molecule has 4 rings (SSSR count). The van der Waals surface area contributed by atoms with Gasteiger partial charge in [-0.25, -0.2) is 4.39 Å². The fourth-order valence-corrected chi connectivity index (χ4v) is 5.11. The summed E-state index contributed by atoms with van der Waals surface area (Å²) in [6, 6.07) is 8.57. The quantitative estimate of drug-likeness (QED) is 0.581. The van der Waals surface area contributed by atoms with Crippen molar-refractivity contribution in [2.24, 2.45) is 4.99 Å². The number of benzene rings is 1. The third-order valence-electron chi connectivity index (χ3n) is 5.80. The first-order chi connectivity index (χ1) is 15.0. The Bertz CT molecular complexity index is 930. The van der Waals surface area contributed by atoms with Gasteiger partial charge in [0, 0.05) is 44.5 Å². The number of nitrogens with one attached hydrogen (secondary N) is 1. The fraction of sp³-hybridized carbons (Fsp3) is 0.478. The number of guanidine groups is 1. The minimum atomic E-state index is -0.254. The molecule has 1 aromatic carbocycles. The average molecular weight is 445 g/mol. The predicted octanol–water partition coefficient (Wildman–Crippen LogP) is 3.20. The largest absolute Gasteiger partial charge is 0.367 e. The molecule has 0 bridgehead atoms. The maximum Gasteiger partial charge on any atom is 0.224 e. The number of carbonyl (C=O) groups excluding carboxylic acids is 1. The summed E-state index contributed by atoms with van der Waals surface area (Å²) < 4.78 is 19.3. The van der Waals surface area contributed by atoms with Crippen molar-refractivity contribution < 1.29 is 13.9 Å². The smallest absolute Gasteiger partial charge is 0.224 e. The normalized spacial score (nSPS) is 21.7. The van der Waals surface area contributed by atoms with E-state index in [1.807, 2.05) is 11.8 Å². The zero-order valence-electron chi connectivity index (χ0n) is 18.0. The number of ether oxygens (including phenoxy) is 1. The Morgan fingerprint density at radius 1 is 1.26 bits per heavy atom. The molecule has 2 aliphatic rings. The number of fused-ring (bicyclic) bond motifs is 1. The number of thiophene rings is 1. The average Bonchev–Trinajstić information content (AvgIpc) is 3.24. The standard InChI is InChI=1S/C23H29FN4O2S/c1-16-13-28(15-20(30-16)17-3-5-19(24)6-4-17)23(25-2)26-10-7-22(29)27-11-8-21-18(14-27)9-12-31-21/h3-6,9,12,16,20H,7-8,10-11,13-15H2,1-2H3,(H,25,26). The topological polar surface area (TPSA) is 57.2 Å². The lowest BCUT2D eigenvalue weighted by molar-refractivity contribution is -0.131. The second kappa shape index (κ2) is 9.78. The number of morpholine rings is 1. The van der Waals surface area contributed by atoms with Gasteiger partial charge in [-0.3, -0.25) is 9.79 Å². The van der Waals surface area contributed by atoms with Gasteiger partial charge in [0.1, 0.15) is 11.9 Å². The van der Waals surface area contributed by atoms with E-state index < -0.39 is 0 Å². The fourth-order valence-electron chi connectivity index (χ4n) is 4.22. The summed E-state index contributed by atoms with van der Waals surface area (Å²) in [5.41, 5.74) is 2.23. The van der Waals surface area contributed by atoms with Gasteiger partial charge in [0.15, 0.2) is 5.96 Å². The first-order valence-electron chi connectivity index (χ1n) is 10.7. The van der Waals surface area contributed by atoms with E-state index in [1.54, 1.807) is 30.5 Å². The molecule has 0 radical (unpaired) electrons. The van der Waals surface area contributed by atoms with E-state index in [0.29, 0.717) is 32.6 Å². The number of nitrogens with zero attached hydrogens (tertiary/aromatic N) is 3. The van der Waals surface area contributed by atoms with E-state index in [-0.39, 0.29) is 23.9 Å². The van der Waals surface area contributed by atoms with E-state index in [9.17, 15) is 9.18 Å². The number of carbonyl (C=O) groups is 1. The van der Waals surface area contributed by atoms with Crippen molar-refractivity contribution in [3.63, 3.8) is 0 Å². The maximum absolute atomic E-state index is 13.3. The van der Waals surface area contributed by atoms with Crippen molar-refractivity contribution >= 4 is 23.2 Å². The molecule has 1 aromatic heterocycles. The van der Waals surface area contributed by atoms with Crippen molar-refractivity contribution in [3.8, 4) is 0 Å². The summed E-state index contributed by atoms with van der Waals surface area (Å²) in [5, 5.41) is 5.44. The number of amides is 1. The SMILES string of the molecule is CN=C(NCCC(=O)N1CCc2sccc2C1)N1CC(C)OC(c2ccc(F)cc2)C1. The van der Waals surface area contributed by atoms with Gasteiger partial charge >= 0.3 is 0 Å². The van der Waals surface area contributed by atoms with Crippen LogP contribution in [0.4, 0.5) is 4.39 Å². The molecule has 3 heterocycles. The van der Waals surface area contributed by atoms with Crippen molar-refractivity contribution in [3.05, 3.63) is 57.5 Å². The first-order valence-corrected chi connectivity index (χ1v) is 11.6. The van der Waals surface area contributed by atoms with Crippen LogP contribution in [0.1, 0.15) is 35.5 Å². The molecule has 1 N–H and O–H groups in total. The van der Waals surface area contributed by atoms with Crippen LogP contribution < -0.4 is 5.32 Å². The van der Waals surface area contributed by atoms with Gasteiger partial charge < -0.3 is 19.9 Å². The van der Waals surface area contributed by atoms with Crippen LogP contribution in [0.3, 0.4) is 0 Å². The number of hydrogen-bond acceptors (Lipinski definition) is 4. The molecule has 1 fully saturated rings. The van der Waals surface area contributed by atoms with Gasteiger partial charge in [0.05, 0.1) is 12.6 Å². The summed E-state index contributed by atoms with van der Waals surface area (Å²) in [4.78, 5) is 22.6. The molecule has 31 heavy (non-hydrogen) atoms. The first kappa shape index (κ1) is 21.8. The molecule has 166 valence electrons. The van der Waals surface area contributed by atoms with Gasteiger partial charge in [0.25, 0.3) is 0 Å². The van der Waals surface area contributed by atoms with E-state index in [0.717, 1.165) is 24.5 Å². The Morgan fingerprint density at radius 2 is 2.06 bits per heavy atom. The lowest BCUT2D eigenvalue weighted by Crippen LogP contribution is -2.51. The van der Waals surface area contributed by atoms with Crippen LogP contribution in [0.15, 0.2) is 40.7 Å². The highest BCUT2D eigenvalue weighted by Crippen LogP contribution is 2.26. The second-order valence-electron chi connectivity index (χ2n) is 8.05. The van der Waals surface area contributed by atoms with Crippen molar-refractivity contribution in [1.29, 1.82) is 0 Å². The minimum absolute atomic E-state index is 0.0112. The number of halogens is 1. The van der Waals surface area contributed by atoms with Crippen LogP contribution in [0.2, 0.25) is 0 Å². The van der Waals surface area contributed by atoms with E-state index in [4.69, 9.17) is 4.74 Å². The third-order valence-corrected chi connectivity index (χ3v) is 6.82. The summed E-state index contributed by atoms with van der Waals surface area (Å²) in [5.74, 6) is 0.670. The Morgan fingerprint density at radius 3 is 2.84 bits per heavy atom. The highest BCUT2D eigenvalue weighted by molar-refractivity contribution is 7.10. The number of hydrogen-bond donors (Lipinski definition) is 1. The zero-order valence-corrected chi connectivity index (χ0v) is 18.8. The van der Waals surface area contributed by atoms with Gasteiger partial charge in [-0.1, -0.05) is 12.1 Å². The van der Waals surface area contributed by atoms with E-state index >= 15 is 0 Å². The molecule has 1 saturated heterocycles. The molecule has 2 aliphatic heterocycles.